The summed E-state index contributed by atoms with van der Waals surface area (Å²) in [6.07, 6.45) is 0. The van der Waals surface area contributed by atoms with Crippen molar-refractivity contribution in [3.63, 3.8) is 0 Å². The van der Waals surface area contributed by atoms with Crippen molar-refractivity contribution in [3.05, 3.63) is 65.2 Å². The van der Waals surface area contributed by atoms with Crippen LogP contribution in [0.3, 0.4) is 0 Å². The van der Waals surface area contributed by atoms with Crippen molar-refractivity contribution < 1.29 is 23.7 Å². The average molecular weight is 340 g/mol. The number of hydrogen-bond donors (Lipinski definition) is 0. The van der Waals surface area contributed by atoms with Crippen molar-refractivity contribution in [1.82, 2.24) is 0 Å². The minimum Gasteiger partial charge on any atom is -0.487 e. The topological polar surface area (TPSA) is 73.3 Å². The van der Waals surface area contributed by atoms with E-state index >= 15 is 0 Å². The predicted molar refractivity (Wildman–Crippen MR) is 92.3 cm³/mol. The van der Waals surface area contributed by atoms with Gasteiger partial charge in [0, 0.05) is 0 Å². The maximum atomic E-state index is 9.47. The molecule has 0 radical (unpaired) electrons. The Kier molecular flexibility index (Phi) is 6.17. The quantitative estimate of drug-likeness (QED) is 0.478. The molecular formula is C19H20N2O4. The Morgan fingerprint density at radius 2 is 1.36 bits per heavy atom. The fourth-order valence-corrected chi connectivity index (χ4v) is 2.51. The standard InChI is InChI=1S/C19H20N2O4/c20-21-19(15-4-2-1-3-5-15)16-6-7-17-18(14-16)25-13-11-23-9-8-22-10-12-24-17/h1-7,14H,8-13H2. The smallest absolute Gasteiger partial charge is 0.329 e. The van der Waals surface area contributed by atoms with Gasteiger partial charge in [-0.1, -0.05) is 18.2 Å². The molecule has 2 aromatic carbocycles. The van der Waals surface area contributed by atoms with Gasteiger partial charge in [-0.05, 0) is 30.3 Å². The van der Waals surface area contributed by atoms with Gasteiger partial charge in [0.25, 0.3) is 0 Å². The van der Waals surface area contributed by atoms with Gasteiger partial charge >= 0.3 is 5.71 Å². The molecule has 0 atom stereocenters. The van der Waals surface area contributed by atoms with Crippen molar-refractivity contribution in [2.24, 2.45) is 0 Å². The molecule has 6 heteroatoms. The van der Waals surface area contributed by atoms with Gasteiger partial charge in [0.1, 0.15) is 13.2 Å². The minimum atomic E-state index is 0.400. The third kappa shape index (κ3) is 4.67. The zero-order valence-corrected chi connectivity index (χ0v) is 13.9. The molecular weight excluding hydrogens is 320 g/mol. The van der Waals surface area contributed by atoms with Crippen molar-refractivity contribution in [2.45, 2.75) is 0 Å². The summed E-state index contributed by atoms with van der Waals surface area (Å²) in [7, 11) is 0. The summed E-state index contributed by atoms with van der Waals surface area (Å²) >= 11 is 0. The van der Waals surface area contributed by atoms with E-state index in [9.17, 15) is 5.53 Å². The van der Waals surface area contributed by atoms with Crippen molar-refractivity contribution in [1.29, 1.82) is 0 Å². The summed E-state index contributed by atoms with van der Waals surface area (Å²) in [5.74, 6) is 1.21. The monoisotopic (exact) mass is 340 g/mol. The van der Waals surface area contributed by atoms with Crippen LogP contribution in [0.2, 0.25) is 0 Å². The van der Waals surface area contributed by atoms with E-state index in [-0.39, 0.29) is 0 Å². The molecule has 3 rings (SSSR count). The zero-order chi connectivity index (χ0) is 17.3. The second-order valence-corrected chi connectivity index (χ2v) is 5.40. The molecule has 0 fully saturated rings. The molecule has 6 nitrogen and oxygen atoms in total. The highest BCUT2D eigenvalue weighted by Gasteiger charge is 2.18. The zero-order valence-electron chi connectivity index (χ0n) is 13.9. The molecule has 1 aliphatic rings. The Hall–Kier alpha value is -2.66. The molecule has 2 aromatic rings. The first-order chi connectivity index (χ1) is 12.4. The molecule has 0 N–H and O–H groups in total. The summed E-state index contributed by atoms with van der Waals surface area (Å²) in [6, 6.07) is 14.9. The van der Waals surface area contributed by atoms with Crippen LogP contribution < -0.4 is 9.47 Å². The van der Waals surface area contributed by atoms with E-state index in [2.05, 4.69) is 4.79 Å². The van der Waals surface area contributed by atoms with Crippen LogP contribution in [0.15, 0.2) is 48.5 Å². The number of hydrogen-bond acceptors (Lipinski definition) is 4. The van der Waals surface area contributed by atoms with E-state index in [0.717, 1.165) is 11.1 Å². The van der Waals surface area contributed by atoms with E-state index < -0.39 is 0 Å². The molecule has 0 aromatic heterocycles. The van der Waals surface area contributed by atoms with Gasteiger partial charge in [-0.25, -0.2) is 0 Å². The SMILES string of the molecule is [N-]=[N+]=C(c1ccccc1)c1ccc2c(c1)OCCOCCOCCO2. The van der Waals surface area contributed by atoms with Crippen LogP contribution in [0.4, 0.5) is 0 Å². The van der Waals surface area contributed by atoms with Crippen molar-refractivity contribution in [3.8, 4) is 11.5 Å². The van der Waals surface area contributed by atoms with Crippen LogP contribution in [0.1, 0.15) is 11.1 Å². The summed E-state index contributed by atoms with van der Waals surface area (Å²) in [5.41, 5.74) is 11.5. The van der Waals surface area contributed by atoms with Crippen LogP contribution in [0.25, 0.3) is 5.53 Å². The third-order valence-electron chi connectivity index (χ3n) is 3.71. The number of fused-ring (bicyclic) bond motifs is 1. The first-order valence-electron chi connectivity index (χ1n) is 8.21. The van der Waals surface area contributed by atoms with Crippen LogP contribution in [0.5, 0.6) is 11.5 Å². The Morgan fingerprint density at radius 1 is 0.720 bits per heavy atom. The number of ether oxygens (including phenoxy) is 4. The maximum Gasteiger partial charge on any atom is 0.329 e. The minimum absolute atomic E-state index is 0.400. The van der Waals surface area contributed by atoms with E-state index in [1.807, 2.05) is 48.5 Å². The first kappa shape index (κ1) is 17.2. The lowest BCUT2D eigenvalue weighted by atomic mass is 10.0. The summed E-state index contributed by atoms with van der Waals surface area (Å²) in [5, 5.41) is 0. The molecule has 0 amide bonds. The molecule has 0 saturated carbocycles. The van der Waals surface area contributed by atoms with Crippen LogP contribution in [0, 0.1) is 0 Å². The summed E-state index contributed by atoms with van der Waals surface area (Å²) in [6.45, 7) is 2.85. The van der Waals surface area contributed by atoms with Crippen LogP contribution in [-0.4, -0.2) is 50.1 Å². The van der Waals surface area contributed by atoms with Crippen LogP contribution >= 0.6 is 0 Å². The lowest BCUT2D eigenvalue weighted by Crippen LogP contribution is -2.16. The highest BCUT2D eigenvalue weighted by atomic mass is 16.6. The van der Waals surface area contributed by atoms with Gasteiger partial charge < -0.3 is 24.5 Å². The second kappa shape index (κ2) is 8.99. The Labute approximate surface area is 146 Å². The Balaban J connectivity index is 1.87. The molecule has 130 valence electrons. The lowest BCUT2D eigenvalue weighted by Gasteiger charge is -2.15. The predicted octanol–water partition coefficient (Wildman–Crippen LogP) is 2.56. The molecule has 1 heterocycles. The normalized spacial score (nSPS) is 15.4. The molecule has 0 aliphatic carbocycles. The van der Waals surface area contributed by atoms with E-state index in [0.29, 0.717) is 56.9 Å². The van der Waals surface area contributed by atoms with E-state index in [1.165, 1.54) is 0 Å². The highest BCUT2D eigenvalue weighted by Crippen LogP contribution is 2.29. The molecule has 1 aliphatic heterocycles. The second-order valence-electron chi connectivity index (χ2n) is 5.40. The molecule has 0 unspecified atom stereocenters. The molecule has 0 bridgehead atoms. The fraction of sp³-hybridized carbons (Fsp3) is 0.316. The number of nitrogens with zero attached hydrogens (tertiary/aromatic N) is 2. The third-order valence-corrected chi connectivity index (χ3v) is 3.71. The maximum absolute atomic E-state index is 9.47. The number of rotatable bonds is 2. The molecule has 0 spiro atoms. The van der Waals surface area contributed by atoms with Gasteiger partial charge in [-0.2, -0.15) is 4.79 Å². The van der Waals surface area contributed by atoms with Crippen LogP contribution in [-0.2, 0) is 9.47 Å². The molecule has 25 heavy (non-hydrogen) atoms. The summed E-state index contributed by atoms with van der Waals surface area (Å²) in [4.78, 5) is 3.46. The Bertz CT molecular complexity index is 742. The van der Waals surface area contributed by atoms with Gasteiger partial charge in [-0.15, -0.1) is 0 Å². The Morgan fingerprint density at radius 3 is 2.04 bits per heavy atom. The van der Waals surface area contributed by atoms with Gasteiger partial charge in [0.2, 0.25) is 0 Å². The van der Waals surface area contributed by atoms with Gasteiger partial charge in [0.15, 0.2) is 11.5 Å². The average Bonchev–Trinajstić information content (AvgIpc) is 2.64. The highest BCUT2D eigenvalue weighted by molar-refractivity contribution is 6.09. The van der Waals surface area contributed by atoms with E-state index in [4.69, 9.17) is 18.9 Å². The number of benzene rings is 2. The fourth-order valence-electron chi connectivity index (χ4n) is 2.51. The van der Waals surface area contributed by atoms with Gasteiger partial charge in [-0.3, -0.25) is 0 Å². The summed E-state index contributed by atoms with van der Waals surface area (Å²) < 4.78 is 22.4. The molecule has 0 saturated heterocycles. The van der Waals surface area contributed by atoms with E-state index in [1.54, 1.807) is 0 Å². The lowest BCUT2D eigenvalue weighted by molar-refractivity contribution is -0.00284. The van der Waals surface area contributed by atoms with Crippen molar-refractivity contribution in [2.75, 3.05) is 39.6 Å². The van der Waals surface area contributed by atoms with Gasteiger partial charge in [0.05, 0.1) is 37.6 Å². The largest absolute Gasteiger partial charge is 0.487 e. The van der Waals surface area contributed by atoms with Crippen molar-refractivity contribution >= 4 is 5.71 Å². The first-order valence-corrected chi connectivity index (χ1v) is 8.21.